The molecule has 25 heavy (non-hydrogen) atoms. The van der Waals surface area contributed by atoms with Crippen LogP contribution >= 0.6 is 0 Å². The van der Waals surface area contributed by atoms with Gasteiger partial charge < -0.3 is 0 Å². The van der Waals surface area contributed by atoms with E-state index in [1.807, 2.05) is 3.59 Å². The molecule has 0 bridgehead atoms. The maximum atomic E-state index is 2.56. The van der Waals surface area contributed by atoms with Gasteiger partial charge in [0.1, 0.15) is 0 Å². The molecule has 1 aromatic carbocycles. The van der Waals surface area contributed by atoms with Crippen molar-refractivity contribution in [3.63, 3.8) is 0 Å². The van der Waals surface area contributed by atoms with Crippen LogP contribution < -0.4 is 3.58 Å². The Bertz CT molecular complexity index is 559. The Morgan fingerprint density at radius 2 is 1.44 bits per heavy atom. The van der Waals surface area contributed by atoms with Crippen molar-refractivity contribution in [3.05, 3.63) is 45.6 Å². The van der Waals surface area contributed by atoms with E-state index < -0.39 is 18.4 Å². The molecule has 1 aliphatic rings. The molecule has 0 atom stereocenters. The molecule has 0 saturated carbocycles. The van der Waals surface area contributed by atoms with E-state index in [1.54, 1.807) is 3.58 Å². The number of benzene rings is 1. The van der Waals surface area contributed by atoms with Gasteiger partial charge in [0.05, 0.1) is 0 Å². The first-order valence-electron chi connectivity index (χ1n) is 10.8. The van der Waals surface area contributed by atoms with E-state index in [-0.39, 0.29) is 0 Å². The van der Waals surface area contributed by atoms with Gasteiger partial charge in [0.25, 0.3) is 0 Å². The van der Waals surface area contributed by atoms with Gasteiger partial charge in [0, 0.05) is 0 Å². The zero-order valence-corrected chi connectivity index (χ0v) is 19.7. The molecular formula is C24H38Sn. The molecule has 1 heterocycles. The van der Waals surface area contributed by atoms with Crippen molar-refractivity contribution >= 4 is 28.0 Å². The Kier molecular flexibility index (Phi) is 9.37. The average Bonchev–Trinajstić information content (AvgIpc) is 2.79. The summed E-state index contributed by atoms with van der Waals surface area (Å²) < 4.78 is 6.75. The monoisotopic (exact) mass is 446 g/mol. The van der Waals surface area contributed by atoms with Crippen molar-refractivity contribution in [2.75, 3.05) is 0 Å². The summed E-state index contributed by atoms with van der Waals surface area (Å²) in [7, 11) is 0. The summed E-state index contributed by atoms with van der Waals surface area (Å²) in [4.78, 5) is 0. The first kappa shape index (κ1) is 20.8. The molecule has 2 rings (SSSR count). The number of hydrogen-bond donors (Lipinski definition) is 0. The number of unbranched alkanes of at least 4 members (excludes halogenated alkanes) is 5. The van der Waals surface area contributed by atoms with Gasteiger partial charge in [0.2, 0.25) is 0 Å². The van der Waals surface area contributed by atoms with Crippen LogP contribution in [0.15, 0.2) is 40.0 Å². The summed E-state index contributed by atoms with van der Waals surface area (Å²) >= 11 is -2.53. The van der Waals surface area contributed by atoms with Crippen molar-refractivity contribution in [2.45, 2.75) is 87.4 Å². The molecule has 0 aliphatic carbocycles. The first-order chi connectivity index (χ1) is 12.3. The average molecular weight is 445 g/mol. The van der Waals surface area contributed by atoms with Gasteiger partial charge >= 0.3 is 161 Å². The van der Waals surface area contributed by atoms with Crippen LogP contribution in [0.1, 0.15) is 84.1 Å². The molecule has 0 fully saturated rings. The van der Waals surface area contributed by atoms with Crippen molar-refractivity contribution in [2.24, 2.45) is 0 Å². The molecule has 0 aromatic heterocycles. The quantitative estimate of drug-likeness (QED) is 0.246. The summed E-state index contributed by atoms with van der Waals surface area (Å²) in [5.74, 6) is 0. The molecule has 1 heteroatoms. The van der Waals surface area contributed by atoms with Crippen LogP contribution in [0.5, 0.6) is 0 Å². The number of fused-ring (bicyclic) bond motifs is 1. The fourth-order valence-corrected chi connectivity index (χ4v) is 21.2. The van der Waals surface area contributed by atoms with Crippen LogP contribution in [0.25, 0.3) is 6.08 Å². The summed E-state index contributed by atoms with van der Waals surface area (Å²) in [6.07, 6.45) is 19.7. The molecule has 0 N–H and O–H groups in total. The van der Waals surface area contributed by atoms with Gasteiger partial charge in [-0.2, -0.15) is 0 Å². The van der Waals surface area contributed by atoms with Gasteiger partial charge in [-0.05, 0) is 0 Å². The Labute approximate surface area is 160 Å². The zero-order valence-electron chi connectivity index (χ0n) is 16.8. The summed E-state index contributed by atoms with van der Waals surface area (Å²) in [5, 5.41) is 0. The van der Waals surface area contributed by atoms with E-state index >= 15 is 0 Å². The van der Waals surface area contributed by atoms with E-state index in [9.17, 15) is 0 Å². The minimum atomic E-state index is -2.53. The summed E-state index contributed by atoms with van der Waals surface area (Å²) in [6, 6.07) is 9.40. The van der Waals surface area contributed by atoms with Crippen molar-refractivity contribution < 1.29 is 0 Å². The van der Waals surface area contributed by atoms with Crippen LogP contribution in [-0.2, 0) is 0 Å². The molecule has 1 aromatic rings. The van der Waals surface area contributed by atoms with Gasteiger partial charge in [-0.1, -0.05) is 0 Å². The molecular weight excluding hydrogens is 407 g/mol. The number of allylic oxidation sites excluding steroid dienone is 3. The standard InChI is InChI=1S/C16H20.2C4H9.Sn/c1-2-3-4-5-6-7-8-10-13-16-14-11-9-12-15-16;2*1-3-4-2;/h8-14H,2-6H2,1H3;2*1,3-4H2,2H3;. The molecule has 138 valence electrons. The third kappa shape index (κ3) is 5.48. The predicted molar refractivity (Wildman–Crippen MR) is 117 cm³/mol. The van der Waals surface area contributed by atoms with E-state index in [2.05, 4.69) is 63.3 Å². The number of rotatable bonds is 11. The van der Waals surface area contributed by atoms with Gasteiger partial charge in [0.15, 0.2) is 0 Å². The Morgan fingerprint density at radius 3 is 2.12 bits per heavy atom. The van der Waals surface area contributed by atoms with E-state index in [0.29, 0.717) is 0 Å². The third-order valence-electron chi connectivity index (χ3n) is 5.88. The molecule has 0 saturated heterocycles. The van der Waals surface area contributed by atoms with Crippen LogP contribution in [0.3, 0.4) is 0 Å². The second-order valence-electron chi connectivity index (χ2n) is 7.74. The molecule has 0 nitrogen and oxygen atoms in total. The van der Waals surface area contributed by atoms with Crippen molar-refractivity contribution in [3.8, 4) is 0 Å². The molecule has 1 aliphatic heterocycles. The minimum absolute atomic E-state index is 1.34. The third-order valence-corrected chi connectivity index (χ3v) is 21.7. The normalized spacial score (nSPS) is 15.6. The predicted octanol–water partition coefficient (Wildman–Crippen LogP) is 7.41. The second kappa shape index (κ2) is 11.3. The molecule has 0 unspecified atom stereocenters. The van der Waals surface area contributed by atoms with Crippen molar-refractivity contribution in [1.29, 1.82) is 0 Å². The maximum absolute atomic E-state index is 2.56. The van der Waals surface area contributed by atoms with Crippen LogP contribution in [0, 0.1) is 0 Å². The second-order valence-corrected chi connectivity index (χ2v) is 20.1. The van der Waals surface area contributed by atoms with Crippen LogP contribution in [-0.4, -0.2) is 18.4 Å². The molecule has 0 radical (unpaired) electrons. The van der Waals surface area contributed by atoms with Gasteiger partial charge in [-0.25, -0.2) is 0 Å². The van der Waals surface area contributed by atoms with Gasteiger partial charge in [-0.3, -0.25) is 0 Å². The zero-order chi connectivity index (χ0) is 18.0. The topological polar surface area (TPSA) is 0 Å². The van der Waals surface area contributed by atoms with Crippen molar-refractivity contribution in [1.82, 2.24) is 0 Å². The van der Waals surface area contributed by atoms with Gasteiger partial charge in [-0.15, -0.1) is 0 Å². The number of hydrogen-bond acceptors (Lipinski definition) is 0. The van der Waals surface area contributed by atoms with E-state index in [0.717, 1.165) is 0 Å². The van der Waals surface area contributed by atoms with E-state index in [4.69, 9.17) is 0 Å². The summed E-state index contributed by atoms with van der Waals surface area (Å²) in [6.45, 7) is 7.05. The SMILES string of the molecule is CCCCCC[C]1=CC=Cc2cccc[c]2[Sn]1([CH2]CCC)[CH2]CCC. The van der Waals surface area contributed by atoms with Crippen LogP contribution in [0.4, 0.5) is 0 Å². The molecule has 0 amide bonds. The fraction of sp³-hybridized carbons (Fsp3) is 0.583. The van der Waals surface area contributed by atoms with Crippen LogP contribution in [0.2, 0.25) is 8.87 Å². The first-order valence-corrected chi connectivity index (χ1v) is 17.6. The Morgan fingerprint density at radius 1 is 0.760 bits per heavy atom. The van der Waals surface area contributed by atoms with E-state index in [1.165, 1.54) is 72.2 Å². The fourth-order valence-electron chi connectivity index (χ4n) is 4.42. The summed E-state index contributed by atoms with van der Waals surface area (Å²) in [5.41, 5.74) is 1.53. The molecule has 0 spiro atoms. The Balaban J connectivity index is 2.38. The Hall–Kier alpha value is -0.501.